The van der Waals surface area contributed by atoms with Crippen LogP contribution in [0.4, 0.5) is 4.39 Å². The Balaban J connectivity index is 1.76. The van der Waals surface area contributed by atoms with Crippen LogP contribution in [0.1, 0.15) is 35.9 Å². The van der Waals surface area contributed by atoms with Gasteiger partial charge in [0.2, 0.25) is 5.91 Å². The van der Waals surface area contributed by atoms with Crippen LogP contribution in [0.15, 0.2) is 28.8 Å². The first-order valence-electron chi connectivity index (χ1n) is 7.21. The average molecular weight is 323 g/mol. The number of aromatic nitrogens is 1. The molecule has 0 aliphatic carbocycles. The molecule has 0 spiro atoms. The normalized spacial score (nSPS) is 18.0. The van der Waals surface area contributed by atoms with Gasteiger partial charge in [-0.05, 0) is 37.5 Å². The standard InChI is InChI=1S/C16H16ClFN2O2/c1-10-7-14(19-22-10)15-3-2-6-20(15)16(21)8-11-4-5-12(18)9-13(11)17/h4-5,7,9,15H,2-3,6,8H2,1H3/t15-/m0/s1. The summed E-state index contributed by atoms with van der Waals surface area (Å²) in [5, 5.41) is 4.30. The molecule has 116 valence electrons. The summed E-state index contributed by atoms with van der Waals surface area (Å²) in [5.41, 5.74) is 1.42. The molecule has 22 heavy (non-hydrogen) atoms. The van der Waals surface area contributed by atoms with Gasteiger partial charge in [0, 0.05) is 17.6 Å². The largest absolute Gasteiger partial charge is 0.361 e. The summed E-state index contributed by atoms with van der Waals surface area (Å²) in [6, 6.07) is 5.91. The van der Waals surface area contributed by atoms with Crippen molar-refractivity contribution in [2.24, 2.45) is 0 Å². The highest BCUT2D eigenvalue weighted by Gasteiger charge is 2.32. The molecule has 0 N–H and O–H groups in total. The monoisotopic (exact) mass is 322 g/mol. The van der Waals surface area contributed by atoms with Crippen molar-refractivity contribution in [1.82, 2.24) is 10.1 Å². The van der Waals surface area contributed by atoms with Crippen molar-refractivity contribution in [1.29, 1.82) is 0 Å². The van der Waals surface area contributed by atoms with Gasteiger partial charge in [0.05, 0.1) is 12.5 Å². The van der Waals surface area contributed by atoms with E-state index >= 15 is 0 Å². The maximum atomic E-state index is 13.1. The number of amides is 1. The molecule has 0 unspecified atom stereocenters. The van der Waals surface area contributed by atoms with Crippen molar-refractivity contribution >= 4 is 17.5 Å². The minimum Gasteiger partial charge on any atom is -0.361 e. The first-order valence-corrected chi connectivity index (χ1v) is 7.59. The highest BCUT2D eigenvalue weighted by molar-refractivity contribution is 6.31. The molecule has 1 fully saturated rings. The van der Waals surface area contributed by atoms with Crippen molar-refractivity contribution in [3.63, 3.8) is 0 Å². The van der Waals surface area contributed by atoms with E-state index in [0.717, 1.165) is 24.3 Å². The highest BCUT2D eigenvalue weighted by atomic mass is 35.5. The highest BCUT2D eigenvalue weighted by Crippen LogP contribution is 2.32. The van der Waals surface area contributed by atoms with Crippen LogP contribution >= 0.6 is 11.6 Å². The van der Waals surface area contributed by atoms with E-state index in [4.69, 9.17) is 16.1 Å². The molecule has 0 bridgehead atoms. The van der Waals surface area contributed by atoms with Gasteiger partial charge in [0.25, 0.3) is 0 Å². The summed E-state index contributed by atoms with van der Waals surface area (Å²) in [6.45, 7) is 2.52. The van der Waals surface area contributed by atoms with Crippen molar-refractivity contribution in [3.8, 4) is 0 Å². The van der Waals surface area contributed by atoms with Gasteiger partial charge in [-0.1, -0.05) is 22.8 Å². The molecule has 1 aromatic carbocycles. The quantitative estimate of drug-likeness (QED) is 0.866. The van der Waals surface area contributed by atoms with Gasteiger partial charge in [0.1, 0.15) is 17.3 Å². The predicted octanol–water partition coefficient (Wildman–Crippen LogP) is 3.68. The van der Waals surface area contributed by atoms with Crippen LogP contribution in [-0.2, 0) is 11.2 Å². The Morgan fingerprint density at radius 1 is 1.50 bits per heavy atom. The van der Waals surface area contributed by atoms with E-state index in [1.807, 2.05) is 13.0 Å². The zero-order valence-corrected chi connectivity index (χ0v) is 12.9. The van der Waals surface area contributed by atoms with E-state index < -0.39 is 5.82 Å². The van der Waals surface area contributed by atoms with Crippen LogP contribution in [0, 0.1) is 12.7 Å². The Hall–Kier alpha value is -1.88. The first-order chi connectivity index (χ1) is 10.5. The summed E-state index contributed by atoms with van der Waals surface area (Å²) < 4.78 is 18.2. The zero-order valence-electron chi connectivity index (χ0n) is 12.2. The molecule has 3 rings (SSSR count). The summed E-state index contributed by atoms with van der Waals surface area (Å²) in [4.78, 5) is 14.4. The second kappa shape index (κ2) is 6.08. The summed E-state index contributed by atoms with van der Waals surface area (Å²) in [6.07, 6.45) is 1.96. The Morgan fingerprint density at radius 2 is 2.32 bits per heavy atom. The van der Waals surface area contributed by atoms with E-state index in [0.29, 0.717) is 12.1 Å². The SMILES string of the molecule is Cc1cc([C@@H]2CCCN2C(=O)Cc2ccc(F)cc2Cl)no1. The fraction of sp³-hybridized carbons (Fsp3) is 0.375. The number of benzene rings is 1. The second-order valence-electron chi connectivity index (χ2n) is 5.52. The maximum Gasteiger partial charge on any atom is 0.227 e. The lowest BCUT2D eigenvalue weighted by Crippen LogP contribution is -2.32. The molecule has 4 nitrogen and oxygen atoms in total. The number of halogens is 2. The lowest BCUT2D eigenvalue weighted by Gasteiger charge is -2.23. The molecular weight excluding hydrogens is 307 g/mol. The molecule has 1 aromatic heterocycles. The summed E-state index contributed by atoms with van der Waals surface area (Å²) in [7, 11) is 0. The Morgan fingerprint density at radius 3 is 3.00 bits per heavy atom. The summed E-state index contributed by atoms with van der Waals surface area (Å²) >= 11 is 6.00. The lowest BCUT2D eigenvalue weighted by atomic mass is 10.1. The van der Waals surface area contributed by atoms with E-state index in [1.54, 1.807) is 11.0 Å². The molecule has 1 saturated heterocycles. The van der Waals surface area contributed by atoms with Gasteiger partial charge in [-0.25, -0.2) is 4.39 Å². The third kappa shape index (κ3) is 2.99. The van der Waals surface area contributed by atoms with Crippen LogP contribution in [0.3, 0.4) is 0 Å². The third-order valence-corrected chi connectivity index (χ3v) is 4.27. The van der Waals surface area contributed by atoms with Crippen LogP contribution in [-0.4, -0.2) is 22.5 Å². The molecule has 1 aliphatic rings. The van der Waals surface area contributed by atoms with E-state index in [-0.39, 0.29) is 23.4 Å². The van der Waals surface area contributed by atoms with E-state index in [9.17, 15) is 9.18 Å². The number of hydrogen-bond acceptors (Lipinski definition) is 3. The molecule has 1 aliphatic heterocycles. The van der Waals surface area contributed by atoms with Crippen molar-refractivity contribution < 1.29 is 13.7 Å². The van der Waals surface area contributed by atoms with Crippen molar-refractivity contribution in [2.75, 3.05) is 6.54 Å². The number of nitrogens with zero attached hydrogens (tertiary/aromatic N) is 2. The number of likely N-dealkylation sites (tertiary alicyclic amines) is 1. The topological polar surface area (TPSA) is 46.3 Å². The molecule has 6 heteroatoms. The maximum absolute atomic E-state index is 13.1. The Bertz CT molecular complexity index is 701. The smallest absolute Gasteiger partial charge is 0.227 e. The number of carbonyl (C=O) groups is 1. The molecule has 0 radical (unpaired) electrons. The molecule has 2 heterocycles. The molecular formula is C16H16ClFN2O2. The fourth-order valence-corrected chi connectivity index (χ4v) is 3.08. The Labute approximate surface area is 132 Å². The number of rotatable bonds is 3. The van der Waals surface area contributed by atoms with E-state index in [2.05, 4.69) is 5.16 Å². The third-order valence-electron chi connectivity index (χ3n) is 3.92. The van der Waals surface area contributed by atoms with E-state index in [1.165, 1.54) is 12.1 Å². The predicted molar refractivity (Wildman–Crippen MR) is 80.0 cm³/mol. The van der Waals surface area contributed by atoms with Gasteiger partial charge >= 0.3 is 0 Å². The van der Waals surface area contributed by atoms with Crippen LogP contribution in [0.2, 0.25) is 5.02 Å². The fourth-order valence-electron chi connectivity index (χ4n) is 2.84. The molecule has 1 amide bonds. The Kier molecular flexibility index (Phi) is 4.16. The first kappa shape index (κ1) is 15.0. The van der Waals surface area contributed by atoms with Gasteiger partial charge in [-0.15, -0.1) is 0 Å². The molecule has 2 aromatic rings. The molecule has 0 saturated carbocycles. The minimum atomic E-state index is -0.404. The molecule has 1 atom stereocenters. The second-order valence-corrected chi connectivity index (χ2v) is 5.93. The van der Waals surface area contributed by atoms with Gasteiger partial charge in [0.15, 0.2) is 0 Å². The summed E-state index contributed by atoms with van der Waals surface area (Å²) in [5.74, 6) is 0.297. The van der Waals surface area contributed by atoms with Crippen LogP contribution < -0.4 is 0 Å². The lowest BCUT2D eigenvalue weighted by molar-refractivity contribution is -0.131. The van der Waals surface area contributed by atoms with Gasteiger partial charge in [-0.2, -0.15) is 0 Å². The van der Waals surface area contributed by atoms with Crippen molar-refractivity contribution in [3.05, 3.63) is 52.1 Å². The zero-order chi connectivity index (χ0) is 15.7. The van der Waals surface area contributed by atoms with Crippen LogP contribution in [0.25, 0.3) is 0 Å². The van der Waals surface area contributed by atoms with Gasteiger partial charge in [-0.3, -0.25) is 4.79 Å². The van der Waals surface area contributed by atoms with Crippen molar-refractivity contribution in [2.45, 2.75) is 32.2 Å². The minimum absolute atomic E-state index is 0.0309. The number of carbonyl (C=O) groups excluding carboxylic acids is 1. The number of aryl methyl sites for hydroxylation is 1. The number of hydrogen-bond donors (Lipinski definition) is 0. The van der Waals surface area contributed by atoms with Gasteiger partial charge < -0.3 is 9.42 Å². The average Bonchev–Trinajstić information content (AvgIpc) is 3.10. The van der Waals surface area contributed by atoms with Crippen LogP contribution in [0.5, 0.6) is 0 Å².